The van der Waals surface area contributed by atoms with Crippen molar-refractivity contribution in [2.45, 2.75) is 6.54 Å². The summed E-state index contributed by atoms with van der Waals surface area (Å²) in [7, 11) is 0. The molecule has 0 saturated carbocycles. The summed E-state index contributed by atoms with van der Waals surface area (Å²) < 4.78 is 12.9. The van der Waals surface area contributed by atoms with Crippen molar-refractivity contribution in [1.82, 2.24) is 4.98 Å². The number of aromatic nitrogens is 1. The highest BCUT2D eigenvalue weighted by atomic mass is 32.1. The molecule has 6 heteroatoms. The molecular formula is C11H9FN2O2S. The highest BCUT2D eigenvalue weighted by molar-refractivity contribution is 7.09. The molecule has 0 radical (unpaired) electrons. The van der Waals surface area contributed by atoms with Crippen molar-refractivity contribution in [1.29, 1.82) is 0 Å². The molecule has 2 aromatic rings. The Morgan fingerprint density at radius 3 is 3.00 bits per heavy atom. The van der Waals surface area contributed by atoms with Crippen LogP contribution in [0, 0.1) is 5.82 Å². The first-order valence-electron chi connectivity index (χ1n) is 4.82. The normalized spacial score (nSPS) is 10.2. The lowest BCUT2D eigenvalue weighted by molar-refractivity contribution is 0.0697. The highest BCUT2D eigenvalue weighted by Crippen LogP contribution is 2.18. The Balaban J connectivity index is 2.17. The smallest absolute Gasteiger partial charge is 0.337 e. The minimum atomic E-state index is -1.16. The van der Waals surface area contributed by atoms with Crippen LogP contribution >= 0.6 is 11.3 Å². The van der Waals surface area contributed by atoms with Crippen molar-refractivity contribution >= 4 is 23.0 Å². The fourth-order valence-corrected chi connectivity index (χ4v) is 1.91. The second kappa shape index (κ2) is 4.92. The molecule has 0 fully saturated rings. The zero-order chi connectivity index (χ0) is 12.3. The maximum absolute atomic E-state index is 12.9. The highest BCUT2D eigenvalue weighted by Gasteiger charge is 2.11. The first-order chi connectivity index (χ1) is 8.16. The van der Waals surface area contributed by atoms with E-state index in [2.05, 4.69) is 10.3 Å². The van der Waals surface area contributed by atoms with Crippen molar-refractivity contribution in [3.63, 3.8) is 0 Å². The minimum absolute atomic E-state index is 0.0819. The van der Waals surface area contributed by atoms with E-state index < -0.39 is 11.8 Å². The van der Waals surface area contributed by atoms with Crippen LogP contribution in [0.25, 0.3) is 0 Å². The number of nitrogens with zero attached hydrogens (tertiary/aromatic N) is 1. The Bertz CT molecular complexity index is 528. The van der Waals surface area contributed by atoms with E-state index in [1.165, 1.54) is 23.5 Å². The molecule has 0 atom stereocenters. The molecule has 0 bridgehead atoms. The van der Waals surface area contributed by atoms with Crippen LogP contribution in [0.1, 0.15) is 15.4 Å². The molecule has 0 unspecified atom stereocenters. The summed E-state index contributed by atoms with van der Waals surface area (Å²) in [5.74, 6) is -1.73. The van der Waals surface area contributed by atoms with Crippen molar-refractivity contribution in [2.75, 3.05) is 5.32 Å². The van der Waals surface area contributed by atoms with E-state index in [4.69, 9.17) is 5.11 Å². The summed E-state index contributed by atoms with van der Waals surface area (Å²) in [6.07, 6.45) is 1.67. The van der Waals surface area contributed by atoms with Crippen molar-refractivity contribution in [3.05, 3.63) is 46.2 Å². The molecule has 0 aliphatic carbocycles. The van der Waals surface area contributed by atoms with Gasteiger partial charge in [-0.05, 0) is 18.2 Å². The summed E-state index contributed by atoms with van der Waals surface area (Å²) in [6.45, 7) is 0.420. The average Bonchev–Trinajstić information content (AvgIpc) is 2.80. The molecule has 2 N–H and O–H groups in total. The van der Waals surface area contributed by atoms with Crippen LogP contribution in [-0.4, -0.2) is 16.1 Å². The number of thiazole rings is 1. The van der Waals surface area contributed by atoms with Gasteiger partial charge in [0, 0.05) is 17.3 Å². The molecule has 17 heavy (non-hydrogen) atoms. The Morgan fingerprint density at radius 1 is 1.53 bits per heavy atom. The van der Waals surface area contributed by atoms with Crippen LogP contribution in [-0.2, 0) is 6.54 Å². The van der Waals surface area contributed by atoms with Gasteiger partial charge in [0.2, 0.25) is 0 Å². The Hall–Kier alpha value is -1.95. The number of anilines is 1. The summed E-state index contributed by atoms with van der Waals surface area (Å²) >= 11 is 1.46. The van der Waals surface area contributed by atoms with Crippen LogP contribution in [0.3, 0.4) is 0 Å². The number of carboxylic acid groups (broad SMARTS) is 1. The van der Waals surface area contributed by atoms with Gasteiger partial charge in [-0.2, -0.15) is 0 Å². The van der Waals surface area contributed by atoms with E-state index in [1.54, 1.807) is 6.20 Å². The fraction of sp³-hybridized carbons (Fsp3) is 0.0909. The lowest BCUT2D eigenvalue weighted by Gasteiger charge is -2.07. The summed E-state index contributed by atoms with van der Waals surface area (Å²) in [5, 5.41) is 14.5. The predicted molar refractivity (Wildman–Crippen MR) is 62.8 cm³/mol. The SMILES string of the molecule is O=C(O)c1cc(F)ccc1NCc1nccs1. The topological polar surface area (TPSA) is 62.2 Å². The van der Waals surface area contributed by atoms with Crippen LogP contribution in [0.4, 0.5) is 10.1 Å². The van der Waals surface area contributed by atoms with Gasteiger partial charge in [0.05, 0.1) is 12.1 Å². The molecular weight excluding hydrogens is 243 g/mol. The second-order valence-electron chi connectivity index (χ2n) is 3.27. The van der Waals surface area contributed by atoms with Crippen LogP contribution in [0.2, 0.25) is 0 Å². The molecule has 1 aromatic carbocycles. The molecule has 0 aliphatic heterocycles. The number of carbonyl (C=O) groups is 1. The minimum Gasteiger partial charge on any atom is -0.478 e. The van der Waals surface area contributed by atoms with Crippen LogP contribution < -0.4 is 5.32 Å². The van der Waals surface area contributed by atoms with Gasteiger partial charge in [-0.25, -0.2) is 14.2 Å². The van der Waals surface area contributed by atoms with Crippen molar-refractivity contribution in [3.8, 4) is 0 Å². The maximum atomic E-state index is 12.9. The Morgan fingerprint density at radius 2 is 2.35 bits per heavy atom. The van der Waals surface area contributed by atoms with Gasteiger partial charge in [-0.1, -0.05) is 0 Å². The molecule has 88 valence electrons. The largest absolute Gasteiger partial charge is 0.478 e. The predicted octanol–water partition coefficient (Wildman–Crippen LogP) is 2.59. The lowest BCUT2D eigenvalue weighted by Crippen LogP contribution is -2.06. The van der Waals surface area contributed by atoms with Gasteiger partial charge in [0.25, 0.3) is 0 Å². The molecule has 0 aliphatic rings. The molecule has 4 nitrogen and oxygen atoms in total. The molecule has 2 rings (SSSR count). The van der Waals surface area contributed by atoms with Gasteiger partial charge in [-0.15, -0.1) is 11.3 Å². The fourth-order valence-electron chi connectivity index (χ4n) is 1.36. The summed E-state index contributed by atoms with van der Waals surface area (Å²) in [5.41, 5.74) is 0.302. The molecule has 0 amide bonds. The molecule has 1 aromatic heterocycles. The number of aromatic carboxylic acids is 1. The third-order valence-electron chi connectivity index (χ3n) is 2.13. The third-order valence-corrected chi connectivity index (χ3v) is 2.91. The number of halogens is 1. The summed E-state index contributed by atoms with van der Waals surface area (Å²) in [6, 6.07) is 3.62. The van der Waals surface area contributed by atoms with Gasteiger partial charge in [0.1, 0.15) is 10.8 Å². The van der Waals surface area contributed by atoms with Gasteiger partial charge in [-0.3, -0.25) is 0 Å². The average molecular weight is 252 g/mol. The second-order valence-corrected chi connectivity index (χ2v) is 4.25. The number of hydrogen-bond donors (Lipinski definition) is 2. The number of rotatable bonds is 4. The zero-order valence-electron chi connectivity index (χ0n) is 8.68. The quantitative estimate of drug-likeness (QED) is 0.878. The van der Waals surface area contributed by atoms with Gasteiger partial charge >= 0.3 is 5.97 Å². The monoisotopic (exact) mass is 252 g/mol. The van der Waals surface area contributed by atoms with Crippen LogP contribution in [0.15, 0.2) is 29.8 Å². The van der Waals surface area contributed by atoms with Crippen LogP contribution in [0.5, 0.6) is 0 Å². The number of benzene rings is 1. The van der Waals surface area contributed by atoms with E-state index in [0.29, 0.717) is 12.2 Å². The Labute approximate surface area is 101 Å². The first kappa shape index (κ1) is 11.5. The standard InChI is InChI=1S/C11H9FN2O2S/c12-7-1-2-9(8(5-7)11(15)16)14-6-10-13-3-4-17-10/h1-5,14H,6H2,(H,15,16). The maximum Gasteiger partial charge on any atom is 0.337 e. The lowest BCUT2D eigenvalue weighted by atomic mass is 10.1. The van der Waals surface area contributed by atoms with Crippen molar-refractivity contribution < 1.29 is 14.3 Å². The number of hydrogen-bond acceptors (Lipinski definition) is 4. The van der Waals surface area contributed by atoms with Gasteiger partial charge in [0.15, 0.2) is 0 Å². The van der Waals surface area contributed by atoms with E-state index in [0.717, 1.165) is 11.1 Å². The summed E-state index contributed by atoms with van der Waals surface area (Å²) in [4.78, 5) is 15.0. The number of carboxylic acids is 1. The van der Waals surface area contributed by atoms with E-state index in [9.17, 15) is 9.18 Å². The van der Waals surface area contributed by atoms with E-state index in [-0.39, 0.29) is 5.56 Å². The Kier molecular flexibility index (Phi) is 3.34. The first-order valence-corrected chi connectivity index (χ1v) is 5.70. The molecule has 0 saturated heterocycles. The number of nitrogens with one attached hydrogen (secondary N) is 1. The zero-order valence-corrected chi connectivity index (χ0v) is 9.50. The molecule has 0 spiro atoms. The van der Waals surface area contributed by atoms with E-state index in [1.807, 2.05) is 5.38 Å². The third kappa shape index (κ3) is 2.79. The molecule has 1 heterocycles. The van der Waals surface area contributed by atoms with Gasteiger partial charge < -0.3 is 10.4 Å². The van der Waals surface area contributed by atoms with Crippen molar-refractivity contribution in [2.24, 2.45) is 0 Å². The van der Waals surface area contributed by atoms with E-state index >= 15 is 0 Å².